The summed E-state index contributed by atoms with van der Waals surface area (Å²) in [6.07, 6.45) is -2.55. The van der Waals surface area contributed by atoms with Gasteiger partial charge in [0.15, 0.2) is 0 Å². The van der Waals surface area contributed by atoms with Crippen LogP contribution in [-0.2, 0) is 12.6 Å². The van der Waals surface area contributed by atoms with Gasteiger partial charge in [0.2, 0.25) is 0 Å². The number of hydrogen-bond acceptors (Lipinski definition) is 2. The van der Waals surface area contributed by atoms with Gasteiger partial charge in [-0.25, -0.2) is 0 Å². The molecule has 2 unspecified atom stereocenters. The van der Waals surface area contributed by atoms with Crippen molar-refractivity contribution < 1.29 is 13.2 Å². The van der Waals surface area contributed by atoms with Gasteiger partial charge in [0, 0.05) is 17.0 Å². The monoisotopic (exact) mass is 305 g/mol. The highest BCUT2D eigenvalue weighted by atomic mass is 32.2. The SMILES string of the molecule is CCC(C)SCC(Cc1cccc(C(F)(F)F)c1)NC. The molecule has 5 heteroatoms. The van der Waals surface area contributed by atoms with Gasteiger partial charge in [0.1, 0.15) is 0 Å². The van der Waals surface area contributed by atoms with Gasteiger partial charge in [0.25, 0.3) is 0 Å². The average Bonchev–Trinajstić information content (AvgIpc) is 2.42. The van der Waals surface area contributed by atoms with Crippen molar-refractivity contribution in [1.82, 2.24) is 5.32 Å². The Hall–Kier alpha value is -0.680. The maximum atomic E-state index is 12.7. The number of thioether (sulfide) groups is 1. The standard InChI is InChI=1S/C15H22F3NS/c1-4-11(2)20-10-14(19-3)9-12-6-5-7-13(8-12)15(16,17)18/h5-8,11,14,19H,4,9-10H2,1-3H3. The summed E-state index contributed by atoms with van der Waals surface area (Å²) >= 11 is 1.85. The van der Waals surface area contributed by atoms with Gasteiger partial charge in [0.05, 0.1) is 5.56 Å². The third-order valence-electron chi connectivity index (χ3n) is 3.30. The van der Waals surface area contributed by atoms with Crippen LogP contribution in [0.2, 0.25) is 0 Å². The van der Waals surface area contributed by atoms with E-state index in [9.17, 15) is 13.2 Å². The molecule has 0 saturated heterocycles. The van der Waals surface area contributed by atoms with Gasteiger partial charge in [-0.15, -0.1) is 0 Å². The molecule has 0 fully saturated rings. The summed E-state index contributed by atoms with van der Waals surface area (Å²) in [6, 6.07) is 5.79. The third-order valence-corrected chi connectivity index (χ3v) is 4.80. The molecule has 0 spiro atoms. The lowest BCUT2D eigenvalue weighted by atomic mass is 10.0. The summed E-state index contributed by atoms with van der Waals surface area (Å²) < 4.78 is 38.0. The van der Waals surface area contributed by atoms with Crippen molar-refractivity contribution in [2.24, 2.45) is 0 Å². The van der Waals surface area contributed by atoms with Crippen LogP contribution >= 0.6 is 11.8 Å². The number of alkyl halides is 3. The van der Waals surface area contributed by atoms with Crippen molar-refractivity contribution in [1.29, 1.82) is 0 Å². The van der Waals surface area contributed by atoms with Crippen LogP contribution in [0.3, 0.4) is 0 Å². The van der Waals surface area contributed by atoms with Crippen LogP contribution < -0.4 is 5.32 Å². The Bertz CT molecular complexity index is 406. The lowest BCUT2D eigenvalue weighted by Gasteiger charge is -2.18. The molecule has 0 amide bonds. The molecule has 20 heavy (non-hydrogen) atoms. The molecule has 0 saturated carbocycles. The fourth-order valence-corrected chi connectivity index (χ4v) is 2.88. The molecule has 0 radical (unpaired) electrons. The highest BCUT2D eigenvalue weighted by molar-refractivity contribution is 7.99. The Balaban J connectivity index is 2.65. The number of benzene rings is 1. The molecule has 0 aliphatic rings. The molecule has 1 rings (SSSR count). The number of halogens is 3. The Kier molecular flexibility index (Phi) is 6.89. The second-order valence-corrected chi connectivity index (χ2v) is 6.41. The molecule has 1 nitrogen and oxygen atoms in total. The van der Waals surface area contributed by atoms with Crippen LogP contribution in [0.4, 0.5) is 13.2 Å². The quantitative estimate of drug-likeness (QED) is 0.803. The molecule has 1 N–H and O–H groups in total. The predicted octanol–water partition coefficient (Wildman–Crippen LogP) is 4.37. The maximum absolute atomic E-state index is 12.7. The van der Waals surface area contributed by atoms with Crippen molar-refractivity contribution in [2.75, 3.05) is 12.8 Å². The summed E-state index contributed by atoms with van der Waals surface area (Å²) in [5.41, 5.74) is 0.156. The lowest BCUT2D eigenvalue weighted by Crippen LogP contribution is -2.30. The van der Waals surface area contributed by atoms with E-state index in [1.54, 1.807) is 6.07 Å². The molecule has 0 aromatic heterocycles. The predicted molar refractivity (Wildman–Crippen MR) is 80.2 cm³/mol. The summed E-state index contributed by atoms with van der Waals surface area (Å²) in [5, 5.41) is 3.76. The molecule has 0 heterocycles. The van der Waals surface area contributed by atoms with Gasteiger partial charge in [-0.05, 0) is 31.5 Å². The van der Waals surface area contributed by atoms with E-state index < -0.39 is 11.7 Å². The van der Waals surface area contributed by atoms with Crippen molar-refractivity contribution in [3.8, 4) is 0 Å². The first-order valence-corrected chi connectivity index (χ1v) is 7.86. The van der Waals surface area contributed by atoms with Crippen LogP contribution in [0.25, 0.3) is 0 Å². The second-order valence-electron chi connectivity index (χ2n) is 4.94. The van der Waals surface area contributed by atoms with E-state index in [1.165, 1.54) is 12.1 Å². The smallest absolute Gasteiger partial charge is 0.316 e. The van der Waals surface area contributed by atoms with E-state index in [2.05, 4.69) is 19.2 Å². The first kappa shape index (κ1) is 17.4. The van der Waals surface area contributed by atoms with Gasteiger partial charge < -0.3 is 5.32 Å². The van der Waals surface area contributed by atoms with Crippen LogP contribution in [0, 0.1) is 0 Å². The molecule has 0 aliphatic heterocycles. The van der Waals surface area contributed by atoms with Crippen LogP contribution in [-0.4, -0.2) is 24.1 Å². The Morgan fingerprint density at radius 2 is 2.00 bits per heavy atom. The number of likely N-dealkylation sites (N-methyl/N-ethyl adjacent to an activating group) is 1. The van der Waals surface area contributed by atoms with Crippen molar-refractivity contribution >= 4 is 11.8 Å². The number of nitrogens with one attached hydrogen (secondary N) is 1. The topological polar surface area (TPSA) is 12.0 Å². The van der Waals surface area contributed by atoms with E-state index >= 15 is 0 Å². The number of rotatable bonds is 7. The van der Waals surface area contributed by atoms with Gasteiger partial charge in [-0.3, -0.25) is 0 Å². The van der Waals surface area contributed by atoms with E-state index in [4.69, 9.17) is 0 Å². The average molecular weight is 305 g/mol. The zero-order chi connectivity index (χ0) is 15.2. The highest BCUT2D eigenvalue weighted by Gasteiger charge is 2.30. The molecule has 1 aromatic carbocycles. The first-order valence-electron chi connectivity index (χ1n) is 6.81. The summed E-state index contributed by atoms with van der Waals surface area (Å²) in [4.78, 5) is 0. The normalized spacial score (nSPS) is 15.1. The van der Waals surface area contributed by atoms with Crippen LogP contribution in [0.5, 0.6) is 0 Å². The minimum Gasteiger partial charge on any atom is -0.316 e. The molecular weight excluding hydrogens is 283 g/mol. The minimum absolute atomic E-state index is 0.192. The second kappa shape index (κ2) is 7.93. The molecule has 2 atom stereocenters. The molecule has 114 valence electrons. The summed E-state index contributed by atoms with van der Waals surface area (Å²) in [7, 11) is 1.86. The van der Waals surface area contributed by atoms with E-state index in [0.29, 0.717) is 11.7 Å². The Morgan fingerprint density at radius 3 is 2.55 bits per heavy atom. The fourth-order valence-electron chi connectivity index (χ4n) is 1.80. The van der Waals surface area contributed by atoms with Crippen molar-refractivity contribution in [2.45, 2.75) is 44.2 Å². The zero-order valence-electron chi connectivity index (χ0n) is 12.1. The molecule has 0 bridgehead atoms. The fraction of sp³-hybridized carbons (Fsp3) is 0.600. The van der Waals surface area contributed by atoms with E-state index in [-0.39, 0.29) is 6.04 Å². The molecule has 0 aliphatic carbocycles. The summed E-state index contributed by atoms with van der Waals surface area (Å²) in [5.74, 6) is 0.905. The first-order chi connectivity index (χ1) is 9.36. The highest BCUT2D eigenvalue weighted by Crippen LogP contribution is 2.29. The third kappa shape index (κ3) is 5.75. The van der Waals surface area contributed by atoms with Crippen molar-refractivity contribution in [3.05, 3.63) is 35.4 Å². The number of hydrogen-bond donors (Lipinski definition) is 1. The molecular formula is C15H22F3NS. The van der Waals surface area contributed by atoms with Crippen molar-refractivity contribution in [3.63, 3.8) is 0 Å². The lowest BCUT2D eigenvalue weighted by molar-refractivity contribution is -0.137. The Morgan fingerprint density at radius 1 is 1.30 bits per heavy atom. The van der Waals surface area contributed by atoms with Gasteiger partial charge >= 0.3 is 6.18 Å². The van der Waals surface area contributed by atoms with E-state index in [1.807, 2.05) is 18.8 Å². The van der Waals surface area contributed by atoms with Crippen LogP contribution in [0.15, 0.2) is 24.3 Å². The largest absolute Gasteiger partial charge is 0.416 e. The summed E-state index contributed by atoms with van der Waals surface area (Å²) in [6.45, 7) is 4.31. The van der Waals surface area contributed by atoms with Crippen LogP contribution in [0.1, 0.15) is 31.4 Å². The molecule has 1 aromatic rings. The Labute approximate surface area is 123 Å². The zero-order valence-corrected chi connectivity index (χ0v) is 12.9. The van der Waals surface area contributed by atoms with E-state index in [0.717, 1.165) is 23.8 Å². The maximum Gasteiger partial charge on any atom is 0.416 e. The minimum atomic E-state index is -4.27. The van der Waals surface area contributed by atoms with Gasteiger partial charge in [-0.1, -0.05) is 32.0 Å². The van der Waals surface area contributed by atoms with Gasteiger partial charge in [-0.2, -0.15) is 24.9 Å².